The third kappa shape index (κ3) is 2.27. The third-order valence-corrected chi connectivity index (χ3v) is 3.74. The highest BCUT2D eigenvalue weighted by Crippen LogP contribution is 2.32. The summed E-state index contributed by atoms with van der Waals surface area (Å²) in [5.41, 5.74) is 8.11. The molecule has 7 heteroatoms. The van der Waals surface area contributed by atoms with Crippen molar-refractivity contribution in [1.82, 2.24) is 15.0 Å². The first-order valence-corrected chi connectivity index (χ1v) is 7.05. The summed E-state index contributed by atoms with van der Waals surface area (Å²) >= 11 is 5.95. The first kappa shape index (κ1) is 14.3. The van der Waals surface area contributed by atoms with Gasteiger partial charge in [0.15, 0.2) is 0 Å². The molecule has 0 unspecified atom stereocenters. The second-order valence-corrected chi connectivity index (χ2v) is 5.22. The van der Waals surface area contributed by atoms with Crippen LogP contribution in [0.3, 0.4) is 0 Å². The minimum absolute atomic E-state index is 0.126. The van der Waals surface area contributed by atoms with Crippen molar-refractivity contribution in [3.05, 3.63) is 40.8 Å². The lowest BCUT2D eigenvalue weighted by atomic mass is 10.1. The van der Waals surface area contributed by atoms with Crippen molar-refractivity contribution in [2.45, 2.75) is 13.3 Å². The highest BCUT2D eigenvalue weighted by Gasteiger charge is 2.19. The summed E-state index contributed by atoms with van der Waals surface area (Å²) < 4.78 is 0. The average Bonchev–Trinajstić information content (AvgIpc) is 2.93. The van der Waals surface area contributed by atoms with Crippen molar-refractivity contribution in [3.63, 3.8) is 0 Å². The Balaban J connectivity index is 2.36. The van der Waals surface area contributed by atoms with E-state index >= 15 is 0 Å². The quantitative estimate of drug-likeness (QED) is 0.644. The Morgan fingerprint density at radius 1 is 1.41 bits per heavy atom. The van der Waals surface area contributed by atoms with E-state index in [4.69, 9.17) is 17.3 Å². The third-order valence-electron chi connectivity index (χ3n) is 3.39. The molecule has 2 heterocycles. The fourth-order valence-corrected chi connectivity index (χ4v) is 2.42. The maximum absolute atomic E-state index is 11.4. The molecule has 0 atom stereocenters. The van der Waals surface area contributed by atoms with Crippen molar-refractivity contribution < 1.29 is 9.90 Å². The van der Waals surface area contributed by atoms with Gasteiger partial charge in [-0.3, -0.25) is 0 Å². The Labute approximate surface area is 131 Å². The summed E-state index contributed by atoms with van der Waals surface area (Å²) in [6.45, 7) is 1.93. The molecule has 2 aromatic heterocycles. The molecule has 3 rings (SSSR count). The highest BCUT2D eigenvalue weighted by molar-refractivity contribution is 6.33. The Morgan fingerprint density at radius 3 is 2.82 bits per heavy atom. The molecular weight excluding hydrogens is 304 g/mol. The molecular formula is C15H13ClN4O2. The van der Waals surface area contributed by atoms with Crippen LogP contribution in [0.25, 0.3) is 22.3 Å². The predicted octanol–water partition coefficient (Wildman–Crippen LogP) is 3.12. The minimum atomic E-state index is -1.04. The normalized spacial score (nSPS) is 11.0. The van der Waals surface area contributed by atoms with E-state index in [0.29, 0.717) is 45.2 Å². The van der Waals surface area contributed by atoms with Gasteiger partial charge in [-0.25, -0.2) is 14.8 Å². The van der Waals surface area contributed by atoms with Gasteiger partial charge in [-0.1, -0.05) is 24.6 Å². The Bertz CT molecular complexity index is 889. The van der Waals surface area contributed by atoms with Crippen LogP contribution in [-0.4, -0.2) is 26.0 Å². The zero-order chi connectivity index (χ0) is 15.9. The number of nitrogen functional groups attached to an aromatic ring is 1. The number of fused-ring (bicyclic) bond motifs is 1. The molecule has 0 aliphatic heterocycles. The number of nitrogens with two attached hydrogens (primary N) is 1. The molecule has 4 N–H and O–H groups in total. The number of hydrogen-bond acceptors (Lipinski definition) is 4. The topological polar surface area (TPSA) is 105 Å². The van der Waals surface area contributed by atoms with Crippen LogP contribution in [0.4, 0.5) is 5.69 Å². The second kappa shape index (κ2) is 5.31. The molecule has 0 bridgehead atoms. The van der Waals surface area contributed by atoms with Crippen LogP contribution in [0.5, 0.6) is 0 Å². The van der Waals surface area contributed by atoms with Gasteiger partial charge in [0.05, 0.1) is 27.4 Å². The maximum Gasteiger partial charge on any atom is 0.338 e. The summed E-state index contributed by atoms with van der Waals surface area (Å²) in [4.78, 5) is 23.1. The van der Waals surface area contributed by atoms with Gasteiger partial charge in [-0.2, -0.15) is 0 Å². The van der Waals surface area contributed by atoms with Crippen LogP contribution in [0, 0.1) is 0 Å². The molecule has 0 spiro atoms. The molecule has 1 aromatic carbocycles. The standard InChI is InChI=1S/C15H13ClN4O2/c1-2-11-19-13(7-3-4-9(16)10(17)5-7)12-8(15(21)22)6-18-14(12)20-11/h3-6H,2,17H2,1H3,(H,21,22)(H,18,19,20). The van der Waals surface area contributed by atoms with Gasteiger partial charge in [0.25, 0.3) is 0 Å². The van der Waals surface area contributed by atoms with Gasteiger partial charge in [0, 0.05) is 18.2 Å². The number of H-pyrrole nitrogens is 1. The van der Waals surface area contributed by atoms with E-state index in [1.165, 1.54) is 6.20 Å². The van der Waals surface area contributed by atoms with E-state index in [2.05, 4.69) is 15.0 Å². The number of hydrogen-bond donors (Lipinski definition) is 3. The summed E-state index contributed by atoms with van der Waals surface area (Å²) in [5, 5.41) is 10.3. The first-order valence-electron chi connectivity index (χ1n) is 6.68. The number of carbonyl (C=O) groups is 1. The number of nitrogens with one attached hydrogen (secondary N) is 1. The number of nitrogens with zero attached hydrogens (tertiary/aromatic N) is 2. The van der Waals surface area contributed by atoms with E-state index in [1.807, 2.05) is 6.92 Å². The number of aromatic amines is 1. The van der Waals surface area contributed by atoms with Crippen LogP contribution >= 0.6 is 11.6 Å². The van der Waals surface area contributed by atoms with E-state index in [-0.39, 0.29) is 5.56 Å². The lowest BCUT2D eigenvalue weighted by Gasteiger charge is -2.08. The monoisotopic (exact) mass is 316 g/mol. The molecule has 0 saturated carbocycles. The number of carboxylic acid groups (broad SMARTS) is 1. The van der Waals surface area contributed by atoms with Gasteiger partial charge < -0.3 is 15.8 Å². The van der Waals surface area contributed by atoms with Crippen molar-refractivity contribution in [3.8, 4) is 11.3 Å². The molecule has 0 saturated heterocycles. The van der Waals surface area contributed by atoms with Crippen molar-refractivity contribution >= 4 is 34.3 Å². The fraction of sp³-hybridized carbons (Fsp3) is 0.133. The highest BCUT2D eigenvalue weighted by atomic mass is 35.5. The van der Waals surface area contributed by atoms with E-state index < -0.39 is 5.97 Å². The Kier molecular flexibility index (Phi) is 3.46. The molecule has 0 fully saturated rings. The summed E-state index contributed by atoms with van der Waals surface area (Å²) in [6, 6.07) is 5.11. The van der Waals surface area contributed by atoms with E-state index in [0.717, 1.165) is 0 Å². The Hall–Kier alpha value is -2.60. The van der Waals surface area contributed by atoms with Crippen LogP contribution in [0.2, 0.25) is 5.02 Å². The predicted molar refractivity (Wildman–Crippen MR) is 85.1 cm³/mol. The van der Waals surface area contributed by atoms with Crippen LogP contribution in [0.15, 0.2) is 24.4 Å². The fourth-order valence-electron chi connectivity index (χ4n) is 2.31. The first-order chi connectivity index (χ1) is 10.5. The molecule has 0 radical (unpaired) electrons. The molecule has 112 valence electrons. The molecule has 6 nitrogen and oxygen atoms in total. The van der Waals surface area contributed by atoms with Gasteiger partial charge in [-0.05, 0) is 12.1 Å². The van der Waals surface area contributed by atoms with Gasteiger partial charge in [0.1, 0.15) is 11.5 Å². The van der Waals surface area contributed by atoms with Crippen molar-refractivity contribution in [2.24, 2.45) is 0 Å². The zero-order valence-corrected chi connectivity index (χ0v) is 12.5. The van der Waals surface area contributed by atoms with Crippen LogP contribution < -0.4 is 5.73 Å². The lowest BCUT2D eigenvalue weighted by molar-refractivity contribution is 0.0699. The summed E-state index contributed by atoms with van der Waals surface area (Å²) in [7, 11) is 0. The molecule has 0 aliphatic rings. The van der Waals surface area contributed by atoms with Crippen LogP contribution in [-0.2, 0) is 6.42 Å². The molecule has 22 heavy (non-hydrogen) atoms. The van der Waals surface area contributed by atoms with Crippen LogP contribution in [0.1, 0.15) is 23.1 Å². The number of aryl methyl sites for hydroxylation is 1. The molecule has 3 aromatic rings. The summed E-state index contributed by atoms with van der Waals surface area (Å²) in [5.74, 6) is -0.419. The largest absolute Gasteiger partial charge is 0.478 e. The molecule has 0 amide bonds. The van der Waals surface area contributed by atoms with Gasteiger partial charge >= 0.3 is 5.97 Å². The van der Waals surface area contributed by atoms with Gasteiger partial charge in [-0.15, -0.1) is 0 Å². The Morgan fingerprint density at radius 2 is 2.18 bits per heavy atom. The van der Waals surface area contributed by atoms with E-state index in [1.54, 1.807) is 18.2 Å². The number of aromatic nitrogens is 3. The van der Waals surface area contributed by atoms with Gasteiger partial charge in [0.2, 0.25) is 0 Å². The minimum Gasteiger partial charge on any atom is -0.478 e. The second-order valence-electron chi connectivity index (χ2n) is 4.81. The number of benzene rings is 1. The number of halogens is 1. The van der Waals surface area contributed by atoms with E-state index in [9.17, 15) is 9.90 Å². The maximum atomic E-state index is 11.4. The zero-order valence-electron chi connectivity index (χ0n) is 11.7. The average molecular weight is 317 g/mol. The van der Waals surface area contributed by atoms with Crippen molar-refractivity contribution in [1.29, 1.82) is 0 Å². The number of anilines is 1. The molecule has 0 aliphatic carbocycles. The SMILES string of the molecule is CCc1nc(-c2ccc(Cl)c(N)c2)c2c(C(=O)O)c[nH]c2n1. The van der Waals surface area contributed by atoms with Crippen molar-refractivity contribution in [2.75, 3.05) is 5.73 Å². The lowest BCUT2D eigenvalue weighted by Crippen LogP contribution is -2.00. The summed E-state index contributed by atoms with van der Waals surface area (Å²) in [6.07, 6.45) is 2.05. The smallest absolute Gasteiger partial charge is 0.338 e. The number of aromatic carboxylic acids is 1. The number of rotatable bonds is 3. The number of carboxylic acids is 1.